The zero-order valence-electron chi connectivity index (χ0n) is 22.0. The van der Waals surface area contributed by atoms with E-state index in [0.29, 0.717) is 0 Å². The zero-order chi connectivity index (χ0) is 26.1. The lowest BCUT2D eigenvalue weighted by molar-refractivity contribution is 0.660. The van der Waals surface area contributed by atoms with Gasteiger partial charge in [-0.05, 0) is 52.4 Å². The Hall–Kier alpha value is -4.82. The number of furan rings is 1. The van der Waals surface area contributed by atoms with Crippen LogP contribution in [0, 0.1) is 0 Å². The fourth-order valence-electron chi connectivity index (χ4n) is 6.59. The third kappa shape index (κ3) is 3.09. The largest absolute Gasteiger partial charge is 0.453 e. The zero-order valence-corrected chi connectivity index (χ0v) is 22.0. The number of fused-ring (bicyclic) bond motifs is 8. The highest BCUT2D eigenvalue weighted by Gasteiger charge is 2.37. The fourth-order valence-corrected chi connectivity index (χ4v) is 6.59. The maximum absolute atomic E-state index is 6.81. The van der Waals surface area contributed by atoms with E-state index in [9.17, 15) is 0 Å². The quantitative estimate of drug-likeness (QED) is 0.239. The number of benzene rings is 6. The summed E-state index contributed by atoms with van der Waals surface area (Å²) in [5, 5.41) is 4.59. The van der Waals surface area contributed by atoms with Crippen LogP contribution in [-0.2, 0) is 5.41 Å². The van der Waals surface area contributed by atoms with Crippen molar-refractivity contribution in [3.63, 3.8) is 0 Å². The molecule has 0 N–H and O–H groups in total. The number of nitrogens with zero attached hydrogens (tertiary/aromatic N) is 1. The summed E-state index contributed by atoms with van der Waals surface area (Å²) in [5.74, 6) is 0. The highest BCUT2D eigenvalue weighted by atomic mass is 16.3. The van der Waals surface area contributed by atoms with E-state index in [-0.39, 0.29) is 5.41 Å². The highest BCUT2D eigenvalue weighted by Crippen LogP contribution is 2.54. The Morgan fingerprint density at radius 1 is 0.513 bits per heavy atom. The summed E-state index contributed by atoms with van der Waals surface area (Å²) in [6.07, 6.45) is 0. The Balaban J connectivity index is 1.47. The minimum Gasteiger partial charge on any atom is -0.453 e. The molecule has 6 aromatic carbocycles. The van der Waals surface area contributed by atoms with Crippen LogP contribution in [0.2, 0.25) is 0 Å². The van der Waals surface area contributed by atoms with E-state index in [1.54, 1.807) is 0 Å². The van der Waals surface area contributed by atoms with Crippen LogP contribution in [0.25, 0.3) is 43.8 Å². The van der Waals surface area contributed by atoms with Gasteiger partial charge in [0, 0.05) is 32.8 Å². The maximum Gasteiger partial charge on any atom is 0.159 e. The van der Waals surface area contributed by atoms with E-state index in [0.717, 1.165) is 44.4 Å². The van der Waals surface area contributed by atoms with Gasteiger partial charge in [-0.25, -0.2) is 0 Å². The molecule has 39 heavy (non-hydrogen) atoms. The number of rotatable bonds is 3. The molecule has 8 rings (SSSR count). The molecule has 0 aliphatic heterocycles. The maximum atomic E-state index is 6.81. The van der Waals surface area contributed by atoms with Crippen LogP contribution in [0.1, 0.15) is 25.0 Å². The van der Waals surface area contributed by atoms with Crippen molar-refractivity contribution < 1.29 is 4.42 Å². The average Bonchev–Trinajstić information content (AvgIpc) is 3.48. The lowest BCUT2D eigenvalue weighted by Gasteiger charge is -2.28. The summed E-state index contributed by atoms with van der Waals surface area (Å²) in [4.78, 5) is 2.38. The molecular weight excluding hydrogens is 474 g/mol. The molecule has 2 heteroatoms. The minimum absolute atomic E-state index is 0.0748. The lowest BCUT2D eigenvalue weighted by Crippen LogP contribution is -2.16. The first-order chi connectivity index (χ1) is 19.1. The Morgan fingerprint density at radius 3 is 2.08 bits per heavy atom. The third-order valence-electron chi connectivity index (χ3n) is 8.45. The van der Waals surface area contributed by atoms with E-state index in [4.69, 9.17) is 4.42 Å². The Labute approximate surface area is 227 Å². The number of hydrogen-bond donors (Lipinski definition) is 0. The minimum atomic E-state index is -0.0748. The van der Waals surface area contributed by atoms with Gasteiger partial charge in [-0.3, -0.25) is 0 Å². The van der Waals surface area contributed by atoms with Crippen molar-refractivity contribution in [2.24, 2.45) is 0 Å². The molecule has 0 amide bonds. The van der Waals surface area contributed by atoms with Gasteiger partial charge in [0.25, 0.3) is 0 Å². The third-order valence-corrected chi connectivity index (χ3v) is 8.45. The SMILES string of the molecule is CC1(C)c2ccccc2-c2c(N(c3ccccc3)c3cccc4c3oc3c5ccccc5ccc43)cccc21. The molecule has 7 aromatic rings. The van der Waals surface area contributed by atoms with Gasteiger partial charge in [-0.1, -0.05) is 111 Å². The van der Waals surface area contributed by atoms with E-state index in [2.05, 4.69) is 146 Å². The number of hydrogen-bond acceptors (Lipinski definition) is 2. The summed E-state index contributed by atoms with van der Waals surface area (Å²) in [5.41, 5.74) is 10.4. The topological polar surface area (TPSA) is 16.4 Å². The van der Waals surface area contributed by atoms with Crippen molar-refractivity contribution in [3.8, 4) is 11.1 Å². The van der Waals surface area contributed by atoms with Gasteiger partial charge in [-0.15, -0.1) is 0 Å². The Morgan fingerprint density at radius 2 is 1.18 bits per heavy atom. The Kier molecular flexibility index (Phi) is 4.60. The molecule has 1 heterocycles. The molecule has 0 spiro atoms. The van der Waals surface area contributed by atoms with Gasteiger partial charge < -0.3 is 9.32 Å². The van der Waals surface area contributed by atoms with Gasteiger partial charge in [0.05, 0.1) is 11.4 Å². The second-order valence-corrected chi connectivity index (χ2v) is 11.0. The summed E-state index contributed by atoms with van der Waals surface area (Å²) in [6, 6.07) is 45.6. The number of anilines is 3. The standard InChI is InChI=1S/C37H27NO/c1-37(2)30-18-9-8-16-29(30)34-31(37)19-11-20-32(34)38(25-13-4-3-5-14-25)33-21-10-17-27-28-23-22-24-12-6-7-15-26(24)35(28)39-36(27)33/h3-23H,1-2H3. The molecule has 0 saturated carbocycles. The molecule has 186 valence electrons. The predicted molar refractivity (Wildman–Crippen MR) is 163 cm³/mol. The molecule has 1 aliphatic rings. The smallest absolute Gasteiger partial charge is 0.159 e. The molecule has 0 atom stereocenters. The second kappa shape index (κ2) is 8.09. The van der Waals surface area contributed by atoms with Crippen molar-refractivity contribution >= 4 is 49.8 Å². The molecule has 2 nitrogen and oxygen atoms in total. The summed E-state index contributed by atoms with van der Waals surface area (Å²) in [6.45, 7) is 4.67. The van der Waals surface area contributed by atoms with Crippen LogP contribution in [0.5, 0.6) is 0 Å². The second-order valence-electron chi connectivity index (χ2n) is 11.0. The van der Waals surface area contributed by atoms with Crippen LogP contribution < -0.4 is 4.90 Å². The molecular formula is C37H27NO. The van der Waals surface area contributed by atoms with Gasteiger partial charge in [-0.2, -0.15) is 0 Å². The molecule has 0 saturated heterocycles. The molecule has 1 aliphatic carbocycles. The summed E-state index contributed by atoms with van der Waals surface area (Å²) in [7, 11) is 0. The van der Waals surface area contributed by atoms with E-state index in [1.807, 2.05) is 0 Å². The molecule has 0 fully saturated rings. The van der Waals surface area contributed by atoms with E-state index < -0.39 is 0 Å². The average molecular weight is 502 g/mol. The van der Waals surface area contributed by atoms with Crippen molar-refractivity contribution in [3.05, 3.63) is 139 Å². The number of para-hydroxylation sites is 2. The van der Waals surface area contributed by atoms with Gasteiger partial charge in [0.1, 0.15) is 5.58 Å². The van der Waals surface area contributed by atoms with Gasteiger partial charge in [0.2, 0.25) is 0 Å². The van der Waals surface area contributed by atoms with Crippen LogP contribution in [0.3, 0.4) is 0 Å². The van der Waals surface area contributed by atoms with Gasteiger partial charge >= 0.3 is 0 Å². The first-order valence-corrected chi connectivity index (χ1v) is 13.5. The predicted octanol–water partition coefficient (Wildman–Crippen LogP) is 10.5. The molecule has 0 radical (unpaired) electrons. The summed E-state index contributed by atoms with van der Waals surface area (Å²) < 4.78 is 6.81. The highest BCUT2D eigenvalue weighted by molar-refractivity contribution is 6.17. The van der Waals surface area contributed by atoms with Crippen LogP contribution in [-0.4, -0.2) is 0 Å². The van der Waals surface area contributed by atoms with E-state index >= 15 is 0 Å². The fraction of sp³-hybridized carbons (Fsp3) is 0.0811. The van der Waals surface area contributed by atoms with Crippen molar-refractivity contribution in [2.75, 3.05) is 4.90 Å². The molecule has 0 bridgehead atoms. The monoisotopic (exact) mass is 501 g/mol. The van der Waals surface area contributed by atoms with Crippen molar-refractivity contribution in [1.82, 2.24) is 0 Å². The van der Waals surface area contributed by atoms with Crippen LogP contribution in [0.15, 0.2) is 132 Å². The lowest BCUT2D eigenvalue weighted by atomic mass is 9.82. The molecule has 0 unspecified atom stereocenters. The first kappa shape index (κ1) is 22.2. The van der Waals surface area contributed by atoms with Crippen LogP contribution >= 0.6 is 0 Å². The first-order valence-electron chi connectivity index (χ1n) is 13.5. The molecule has 1 aromatic heterocycles. The Bertz CT molecular complexity index is 2050. The summed E-state index contributed by atoms with van der Waals surface area (Å²) >= 11 is 0. The van der Waals surface area contributed by atoms with Crippen molar-refractivity contribution in [1.29, 1.82) is 0 Å². The van der Waals surface area contributed by atoms with Crippen LogP contribution in [0.4, 0.5) is 17.1 Å². The van der Waals surface area contributed by atoms with E-state index in [1.165, 1.54) is 27.6 Å². The van der Waals surface area contributed by atoms with Gasteiger partial charge in [0.15, 0.2) is 5.58 Å². The van der Waals surface area contributed by atoms with Crippen molar-refractivity contribution in [2.45, 2.75) is 19.3 Å². The normalized spacial score (nSPS) is 13.6.